The lowest BCUT2D eigenvalue weighted by Gasteiger charge is -2.16. The van der Waals surface area contributed by atoms with E-state index in [0.29, 0.717) is 22.0 Å². The Balaban J connectivity index is 2.14. The number of pyridine rings is 1. The minimum atomic E-state index is -4.44. The zero-order valence-electron chi connectivity index (χ0n) is 14.2. The summed E-state index contributed by atoms with van der Waals surface area (Å²) in [5.41, 5.74) is 8.17. The maximum atomic E-state index is 13.3. The van der Waals surface area contributed by atoms with Crippen molar-refractivity contribution in [2.45, 2.75) is 6.18 Å². The summed E-state index contributed by atoms with van der Waals surface area (Å²) < 4.78 is 40.0. The van der Waals surface area contributed by atoms with E-state index in [0.717, 1.165) is 23.3 Å². The van der Waals surface area contributed by atoms with Crippen LogP contribution in [0.15, 0.2) is 78.9 Å². The van der Waals surface area contributed by atoms with Crippen LogP contribution in [0.5, 0.6) is 0 Å². The smallest absolute Gasteiger partial charge is 0.383 e. The van der Waals surface area contributed by atoms with Crippen molar-refractivity contribution in [3.8, 4) is 22.4 Å². The summed E-state index contributed by atoms with van der Waals surface area (Å²) in [5, 5.41) is 0.934. The molecule has 0 bridgehead atoms. The number of anilines is 1. The Labute approximate surface area is 154 Å². The zero-order chi connectivity index (χ0) is 19.0. The van der Waals surface area contributed by atoms with E-state index in [2.05, 4.69) is 4.98 Å². The van der Waals surface area contributed by atoms with Gasteiger partial charge in [0.15, 0.2) is 0 Å². The summed E-state index contributed by atoms with van der Waals surface area (Å²) in [5.74, 6) is 0.206. The standard InChI is InChI=1S/C22H15F3N2/c23-22(24,25)16-11-12-17-18(13-16)19(14-7-3-1-4-8-14)20(27-21(17)26)15-9-5-2-6-10-15/h1-13H,(H2,26,27). The molecule has 3 aromatic carbocycles. The van der Waals surface area contributed by atoms with E-state index in [1.807, 2.05) is 60.7 Å². The molecule has 0 fully saturated rings. The summed E-state index contributed by atoms with van der Waals surface area (Å²) in [6.45, 7) is 0. The molecule has 0 aliphatic heterocycles. The van der Waals surface area contributed by atoms with Crippen molar-refractivity contribution in [3.63, 3.8) is 0 Å². The van der Waals surface area contributed by atoms with Gasteiger partial charge in [-0.2, -0.15) is 13.2 Å². The van der Waals surface area contributed by atoms with Crippen LogP contribution in [0.2, 0.25) is 0 Å². The zero-order valence-corrected chi connectivity index (χ0v) is 14.2. The van der Waals surface area contributed by atoms with Crippen LogP contribution in [0.1, 0.15) is 5.56 Å². The third kappa shape index (κ3) is 3.12. The maximum absolute atomic E-state index is 13.3. The average molecular weight is 364 g/mol. The monoisotopic (exact) mass is 364 g/mol. The number of benzene rings is 3. The number of aromatic nitrogens is 1. The van der Waals surface area contributed by atoms with Crippen LogP contribution < -0.4 is 5.73 Å². The molecule has 5 heteroatoms. The van der Waals surface area contributed by atoms with E-state index in [1.54, 1.807) is 0 Å². The van der Waals surface area contributed by atoms with Gasteiger partial charge >= 0.3 is 6.18 Å². The summed E-state index contributed by atoms with van der Waals surface area (Å²) in [7, 11) is 0. The van der Waals surface area contributed by atoms with Crippen LogP contribution in [0.3, 0.4) is 0 Å². The van der Waals surface area contributed by atoms with Crippen molar-refractivity contribution >= 4 is 16.6 Å². The Hall–Kier alpha value is -3.34. The quantitative estimate of drug-likeness (QED) is 0.462. The van der Waals surface area contributed by atoms with Gasteiger partial charge in [0.25, 0.3) is 0 Å². The summed E-state index contributed by atoms with van der Waals surface area (Å²) in [6, 6.07) is 22.2. The number of halogens is 3. The average Bonchev–Trinajstić information content (AvgIpc) is 2.68. The van der Waals surface area contributed by atoms with Crippen molar-refractivity contribution in [3.05, 3.63) is 84.4 Å². The van der Waals surface area contributed by atoms with Crippen LogP contribution in [-0.2, 0) is 6.18 Å². The second-order valence-electron chi connectivity index (χ2n) is 6.21. The molecular weight excluding hydrogens is 349 g/mol. The van der Waals surface area contributed by atoms with Gasteiger partial charge in [0.2, 0.25) is 0 Å². The number of rotatable bonds is 2. The fraction of sp³-hybridized carbons (Fsp3) is 0.0455. The molecule has 1 heterocycles. The van der Waals surface area contributed by atoms with Crippen molar-refractivity contribution < 1.29 is 13.2 Å². The van der Waals surface area contributed by atoms with E-state index in [1.165, 1.54) is 6.07 Å². The summed E-state index contributed by atoms with van der Waals surface area (Å²) in [4.78, 5) is 4.54. The molecule has 0 saturated heterocycles. The molecule has 0 unspecified atom stereocenters. The van der Waals surface area contributed by atoms with Crippen LogP contribution in [0.25, 0.3) is 33.2 Å². The predicted molar refractivity (Wildman–Crippen MR) is 102 cm³/mol. The molecule has 4 aromatic rings. The molecule has 2 nitrogen and oxygen atoms in total. The normalized spacial score (nSPS) is 11.7. The highest BCUT2D eigenvalue weighted by atomic mass is 19.4. The van der Waals surface area contributed by atoms with Gasteiger partial charge in [0, 0.05) is 16.5 Å². The SMILES string of the molecule is Nc1nc(-c2ccccc2)c(-c2ccccc2)c2cc(C(F)(F)F)ccc12. The lowest BCUT2D eigenvalue weighted by Crippen LogP contribution is -2.06. The lowest BCUT2D eigenvalue weighted by atomic mass is 9.93. The first-order chi connectivity index (χ1) is 12.9. The molecule has 0 spiro atoms. The number of nitrogens with zero attached hydrogens (tertiary/aromatic N) is 1. The van der Waals surface area contributed by atoms with Crippen molar-refractivity contribution in [1.82, 2.24) is 4.98 Å². The minimum Gasteiger partial charge on any atom is -0.383 e. The van der Waals surface area contributed by atoms with E-state index >= 15 is 0 Å². The second kappa shape index (κ2) is 6.43. The fourth-order valence-electron chi connectivity index (χ4n) is 3.22. The third-order valence-electron chi connectivity index (χ3n) is 4.47. The molecule has 0 amide bonds. The molecule has 0 saturated carbocycles. The van der Waals surface area contributed by atoms with Crippen LogP contribution >= 0.6 is 0 Å². The van der Waals surface area contributed by atoms with Crippen molar-refractivity contribution in [1.29, 1.82) is 0 Å². The topological polar surface area (TPSA) is 38.9 Å². The van der Waals surface area contributed by atoms with Gasteiger partial charge in [-0.25, -0.2) is 4.98 Å². The Bertz CT molecular complexity index is 1110. The van der Waals surface area contributed by atoms with Gasteiger partial charge in [-0.15, -0.1) is 0 Å². The van der Waals surface area contributed by atoms with Gasteiger partial charge in [-0.1, -0.05) is 66.7 Å². The first kappa shape index (κ1) is 17.1. The second-order valence-corrected chi connectivity index (χ2v) is 6.21. The van der Waals surface area contributed by atoms with Crippen molar-refractivity contribution in [2.75, 3.05) is 5.73 Å². The number of hydrogen-bond donors (Lipinski definition) is 1. The summed E-state index contributed by atoms with van der Waals surface area (Å²) in [6.07, 6.45) is -4.44. The number of nitrogen functional groups attached to an aromatic ring is 1. The van der Waals surface area contributed by atoms with Crippen LogP contribution in [-0.4, -0.2) is 4.98 Å². The molecule has 0 atom stereocenters. The van der Waals surface area contributed by atoms with E-state index in [-0.39, 0.29) is 5.82 Å². The van der Waals surface area contributed by atoms with E-state index in [9.17, 15) is 13.2 Å². The summed E-state index contributed by atoms with van der Waals surface area (Å²) >= 11 is 0. The Morgan fingerprint density at radius 2 is 1.30 bits per heavy atom. The first-order valence-electron chi connectivity index (χ1n) is 8.36. The number of fused-ring (bicyclic) bond motifs is 1. The molecule has 27 heavy (non-hydrogen) atoms. The van der Waals surface area contributed by atoms with Crippen LogP contribution in [0, 0.1) is 0 Å². The number of hydrogen-bond acceptors (Lipinski definition) is 2. The van der Waals surface area contributed by atoms with Gasteiger partial charge in [-0.3, -0.25) is 0 Å². The molecule has 0 radical (unpaired) electrons. The Kier molecular flexibility index (Phi) is 4.07. The van der Waals surface area contributed by atoms with Gasteiger partial charge in [0.05, 0.1) is 11.3 Å². The largest absolute Gasteiger partial charge is 0.416 e. The highest BCUT2D eigenvalue weighted by Crippen LogP contribution is 2.41. The first-order valence-corrected chi connectivity index (χ1v) is 8.36. The number of nitrogens with two attached hydrogens (primary N) is 1. The minimum absolute atomic E-state index is 0.206. The molecule has 0 aliphatic carbocycles. The van der Waals surface area contributed by atoms with Gasteiger partial charge < -0.3 is 5.73 Å². The molecule has 0 aliphatic rings. The highest BCUT2D eigenvalue weighted by molar-refractivity contribution is 6.07. The molecular formula is C22H15F3N2. The number of alkyl halides is 3. The predicted octanol–water partition coefficient (Wildman–Crippen LogP) is 6.17. The van der Waals surface area contributed by atoms with Gasteiger partial charge in [0.1, 0.15) is 5.82 Å². The van der Waals surface area contributed by atoms with Crippen molar-refractivity contribution in [2.24, 2.45) is 0 Å². The van der Waals surface area contributed by atoms with Crippen LogP contribution in [0.4, 0.5) is 19.0 Å². The third-order valence-corrected chi connectivity index (χ3v) is 4.47. The highest BCUT2D eigenvalue weighted by Gasteiger charge is 2.31. The van der Waals surface area contributed by atoms with E-state index < -0.39 is 11.7 Å². The maximum Gasteiger partial charge on any atom is 0.416 e. The Morgan fingerprint density at radius 1 is 0.704 bits per heavy atom. The molecule has 1 aromatic heterocycles. The fourth-order valence-corrected chi connectivity index (χ4v) is 3.22. The van der Waals surface area contributed by atoms with E-state index in [4.69, 9.17) is 5.73 Å². The molecule has 4 rings (SSSR count). The Morgan fingerprint density at radius 3 is 1.89 bits per heavy atom. The lowest BCUT2D eigenvalue weighted by molar-refractivity contribution is -0.137. The molecule has 2 N–H and O–H groups in total. The molecule has 134 valence electrons. The van der Waals surface area contributed by atoms with Gasteiger partial charge in [-0.05, 0) is 23.1 Å².